The predicted molar refractivity (Wildman–Crippen MR) is 129 cm³/mol. The van der Waals surface area contributed by atoms with Crippen molar-refractivity contribution in [2.75, 3.05) is 0 Å². The van der Waals surface area contributed by atoms with Crippen LogP contribution in [0.1, 0.15) is 120 Å². The van der Waals surface area contributed by atoms with Crippen LogP contribution in [0.2, 0.25) is 0 Å². The van der Waals surface area contributed by atoms with Gasteiger partial charge in [-0.3, -0.25) is 0 Å². The summed E-state index contributed by atoms with van der Waals surface area (Å²) in [5.74, 6) is 4.49. The predicted octanol–water partition coefficient (Wildman–Crippen LogP) is 9.05. The highest BCUT2D eigenvalue weighted by molar-refractivity contribution is 5.32. The average molecular weight is 411 g/mol. The zero-order chi connectivity index (χ0) is 21.7. The molecule has 30 heavy (non-hydrogen) atoms. The first-order valence-corrected chi connectivity index (χ1v) is 13.6. The highest BCUT2D eigenvalue weighted by atomic mass is 14.7. The van der Waals surface area contributed by atoms with Crippen LogP contribution in [0.4, 0.5) is 0 Å². The third-order valence-corrected chi connectivity index (χ3v) is 13.0. The number of fused-ring (bicyclic) bond motifs is 7. The molecule has 5 aliphatic rings. The molecule has 0 aromatic heterocycles. The molecular weight excluding hydrogens is 360 g/mol. The maximum Gasteiger partial charge on any atom is -0.00801 e. The van der Waals surface area contributed by atoms with Crippen molar-refractivity contribution >= 4 is 0 Å². The van der Waals surface area contributed by atoms with E-state index in [-0.39, 0.29) is 0 Å². The van der Waals surface area contributed by atoms with Crippen LogP contribution in [-0.4, -0.2) is 0 Å². The summed E-state index contributed by atoms with van der Waals surface area (Å²) in [5.41, 5.74) is 4.55. The normalized spacial score (nSPS) is 54.6. The van der Waals surface area contributed by atoms with E-state index in [0.717, 1.165) is 29.6 Å². The molecular formula is C30H50. The fraction of sp³-hybridized carbons (Fsp3) is 0.933. The van der Waals surface area contributed by atoms with Crippen molar-refractivity contribution < 1.29 is 0 Å². The topological polar surface area (TPSA) is 0 Å². The zero-order valence-corrected chi connectivity index (χ0v) is 21.5. The number of allylic oxidation sites excluding steroid dienone is 2. The van der Waals surface area contributed by atoms with Gasteiger partial charge in [0.05, 0.1) is 0 Å². The lowest BCUT2D eigenvalue weighted by molar-refractivity contribution is -0.156. The van der Waals surface area contributed by atoms with E-state index in [1.165, 1.54) is 64.2 Å². The van der Waals surface area contributed by atoms with E-state index < -0.39 is 0 Å². The summed E-state index contributed by atoms with van der Waals surface area (Å²) in [6, 6.07) is 0. The van der Waals surface area contributed by atoms with E-state index in [4.69, 9.17) is 0 Å². The summed E-state index contributed by atoms with van der Waals surface area (Å²) in [6.07, 6.45) is 17.4. The van der Waals surface area contributed by atoms with Gasteiger partial charge in [0.25, 0.3) is 0 Å². The summed E-state index contributed by atoms with van der Waals surface area (Å²) < 4.78 is 0. The molecule has 4 fully saturated rings. The third-order valence-electron chi connectivity index (χ3n) is 13.0. The lowest BCUT2D eigenvalue weighted by atomic mass is 9.36. The Hall–Kier alpha value is -0.260. The highest BCUT2D eigenvalue weighted by Gasteiger charge is 2.67. The van der Waals surface area contributed by atoms with E-state index in [2.05, 4.69) is 61.5 Å². The summed E-state index contributed by atoms with van der Waals surface area (Å²) in [6.45, 7) is 21.1. The largest absolute Gasteiger partial charge is 0.0839 e. The Morgan fingerprint density at radius 2 is 1.47 bits per heavy atom. The molecule has 8 atom stereocenters. The van der Waals surface area contributed by atoms with Crippen molar-refractivity contribution in [3.8, 4) is 0 Å². The highest BCUT2D eigenvalue weighted by Crippen LogP contribution is 2.76. The molecule has 0 aliphatic heterocycles. The quantitative estimate of drug-likeness (QED) is 0.378. The molecule has 5 rings (SSSR count). The molecule has 0 bridgehead atoms. The van der Waals surface area contributed by atoms with E-state index in [1.54, 1.807) is 0 Å². The molecule has 0 N–H and O–H groups in total. The second kappa shape index (κ2) is 6.41. The molecule has 0 aromatic rings. The monoisotopic (exact) mass is 410 g/mol. The first kappa shape index (κ1) is 21.6. The molecule has 0 radical (unpaired) electrons. The minimum atomic E-state index is 0.478. The van der Waals surface area contributed by atoms with Crippen LogP contribution >= 0.6 is 0 Å². The van der Waals surface area contributed by atoms with Gasteiger partial charge in [-0.15, -0.1) is 0 Å². The molecule has 0 spiro atoms. The molecule has 0 saturated heterocycles. The fourth-order valence-corrected chi connectivity index (χ4v) is 11.3. The minimum Gasteiger partial charge on any atom is -0.0839 e. The van der Waals surface area contributed by atoms with Gasteiger partial charge < -0.3 is 0 Å². The van der Waals surface area contributed by atoms with Crippen LogP contribution in [0.25, 0.3) is 0 Å². The van der Waals surface area contributed by atoms with E-state index in [1.807, 2.05) is 5.57 Å². The molecule has 170 valence electrons. The molecule has 0 heterocycles. The smallest absolute Gasteiger partial charge is 0.00801 e. The number of hydrogen-bond donors (Lipinski definition) is 0. The second-order valence-electron chi connectivity index (χ2n) is 14.6. The molecule has 0 heteroatoms. The number of hydrogen-bond acceptors (Lipinski definition) is 0. The Kier molecular flexibility index (Phi) is 4.61. The van der Waals surface area contributed by atoms with Gasteiger partial charge in [0.2, 0.25) is 0 Å². The average Bonchev–Trinajstić information content (AvgIpc) is 3.01. The van der Waals surface area contributed by atoms with Crippen LogP contribution in [0.5, 0.6) is 0 Å². The van der Waals surface area contributed by atoms with Gasteiger partial charge in [0.15, 0.2) is 0 Å². The Morgan fingerprint density at radius 3 is 2.17 bits per heavy atom. The maximum absolute atomic E-state index is 2.86. The van der Waals surface area contributed by atoms with Gasteiger partial charge in [-0.2, -0.15) is 0 Å². The maximum atomic E-state index is 2.86. The van der Waals surface area contributed by atoms with Crippen LogP contribution in [0.3, 0.4) is 0 Å². The summed E-state index contributed by atoms with van der Waals surface area (Å²) >= 11 is 0. The first-order valence-electron chi connectivity index (χ1n) is 13.6. The van der Waals surface area contributed by atoms with Crippen molar-refractivity contribution in [1.29, 1.82) is 0 Å². The second-order valence-corrected chi connectivity index (χ2v) is 14.6. The van der Waals surface area contributed by atoms with E-state index >= 15 is 0 Å². The van der Waals surface area contributed by atoms with Crippen molar-refractivity contribution in [2.45, 2.75) is 120 Å². The van der Waals surface area contributed by atoms with Crippen molar-refractivity contribution in [2.24, 2.45) is 56.7 Å². The Morgan fingerprint density at radius 1 is 0.767 bits per heavy atom. The van der Waals surface area contributed by atoms with Crippen molar-refractivity contribution in [3.05, 3.63) is 11.6 Å². The Labute approximate surface area is 188 Å². The molecule has 0 nitrogen and oxygen atoms in total. The summed E-state index contributed by atoms with van der Waals surface area (Å²) in [7, 11) is 0. The van der Waals surface area contributed by atoms with Crippen molar-refractivity contribution in [1.82, 2.24) is 0 Å². The van der Waals surface area contributed by atoms with Gasteiger partial charge in [-0.25, -0.2) is 0 Å². The molecule has 0 amide bonds. The molecule has 4 saturated carbocycles. The lowest BCUT2D eigenvalue weighted by Crippen LogP contribution is -2.61. The summed E-state index contributed by atoms with van der Waals surface area (Å²) in [4.78, 5) is 0. The summed E-state index contributed by atoms with van der Waals surface area (Å²) in [5, 5.41) is 0. The lowest BCUT2D eigenvalue weighted by Gasteiger charge is -2.69. The van der Waals surface area contributed by atoms with E-state index in [9.17, 15) is 0 Å². The Bertz CT molecular complexity index is 741. The fourth-order valence-electron chi connectivity index (χ4n) is 11.3. The van der Waals surface area contributed by atoms with Crippen LogP contribution in [0.15, 0.2) is 11.6 Å². The molecule has 0 aromatic carbocycles. The van der Waals surface area contributed by atoms with Gasteiger partial charge in [0, 0.05) is 0 Å². The van der Waals surface area contributed by atoms with Gasteiger partial charge in [-0.1, -0.05) is 73.5 Å². The minimum absolute atomic E-state index is 0.478. The Balaban J connectivity index is 1.56. The first-order chi connectivity index (χ1) is 13.9. The van der Waals surface area contributed by atoms with Crippen LogP contribution in [0, 0.1) is 56.7 Å². The van der Waals surface area contributed by atoms with E-state index in [0.29, 0.717) is 27.1 Å². The molecule has 0 unspecified atom stereocenters. The number of rotatable bonds is 1. The van der Waals surface area contributed by atoms with Crippen molar-refractivity contribution in [3.63, 3.8) is 0 Å². The van der Waals surface area contributed by atoms with Gasteiger partial charge in [-0.05, 0) is 114 Å². The van der Waals surface area contributed by atoms with Gasteiger partial charge in [0.1, 0.15) is 0 Å². The SMILES string of the molecule is CC(C)[C@H]1CC[C@@H]2[C@]1(C)CC[C@]1(C)[C@@H]3CC[C@H]4C(C)(C)CCC[C@]4(C)C3=CC[C@@]21C. The van der Waals surface area contributed by atoms with Crippen LogP contribution < -0.4 is 0 Å². The molecule has 5 aliphatic carbocycles. The van der Waals surface area contributed by atoms with Gasteiger partial charge >= 0.3 is 0 Å². The zero-order valence-electron chi connectivity index (χ0n) is 21.5. The third kappa shape index (κ3) is 2.46. The van der Waals surface area contributed by atoms with Crippen LogP contribution in [-0.2, 0) is 0 Å². The standard InChI is InChI=1S/C30H50/c1-20(2)21-10-13-25-28(21,6)18-19-29(7)23-11-12-24-26(3,4)15-9-16-27(24,5)22(23)14-17-30(25,29)8/h14,20-21,23-25H,9-13,15-19H2,1-8H3/t21-,23-,24+,25-,27-,28-,29-,30+/m1/s1.